The lowest BCUT2D eigenvalue weighted by Gasteiger charge is -2.03. The molecule has 0 amide bonds. The molecule has 0 aliphatic rings. The second-order valence-electron chi connectivity index (χ2n) is 4.76. The number of hydrogen-bond donors (Lipinski definition) is 0. The van der Waals surface area contributed by atoms with Gasteiger partial charge in [-0.1, -0.05) is 46.7 Å². The Labute approximate surface area is 126 Å². The molecule has 0 radical (unpaired) electrons. The van der Waals surface area contributed by atoms with Gasteiger partial charge < -0.3 is 9.09 Å². The predicted octanol–water partition coefficient (Wildman–Crippen LogP) is 2.77. The highest BCUT2D eigenvalue weighted by Gasteiger charge is 2.12. The topological polar surface area (TPSA) is 69.6 Å². The van der Waals surface area contributed by atoms with Crippen molar-refractivity contribution >= 4 is 11.8 Å². The van der Waals surface area contributed by atoms with Crippen molar-refractivity contribution in [2.45, 2.75) is 24.8 Å². The highest BCUT2D eigenvalue weighted by atomic mass is 32.2. The van der Waals surface area contributed by atoms with Gasteiger partial charge in [-0.05, 0) is 13.8 Å². The van der Waals surface area contributed by atoms with Gasteiger partial charge in [0.25, 0.3) is 0 Å². The Morgan fingerprint density at radius 2 is 1.90 bits per heavy atom. The molecule has 108 valence electrons. The molecule has 0 atom stereocenters. The molecule has 3 aromatic rings. The Morgan fingerprint density at radius 3 is 2.57 bits per heavy atom. The molecule has 2 heterocycles. The summed E-state index contributed by atoms with van der Waals surface area (Å²) in [5.74, 6) is 2.67. The van der Waals surface area contributed by atoms with Crippen LogP contribution in [0.2, 0.25) is 0 Å². The molecular weight excluding hydrogens is 286 g/mol. The average Bonchev–Trinajstić information content (AvgIpc) is 3.04. The maximum absolute atomic E-state index is 5.09. The Bertz CT molecular complexity index is 747. The van der Waals surface area contributed by atoms with E-state index in [4.69, 9.17) is 4.52 Å². The highest BCUT2D eigenvalue weighted by molar-refractivity contribution is 7.98. The van der Waals surface area contributed by atoms with Crippen LogP contribution in [0.5, 0.6) is 0 Å². The molecule has 3 rings (SSSR count). The minimum absolute atomic E-state index is 0.584. The van der Waals surface area contributed by atoms with Crippen LogP contribution in [0.1, 0.15) is 17.3 Å². The van der Waals surface area contributed by atoms with Crippen LogP contribution >= 0.6 is 11.8 Å². The normalized spacial score (nSPS) is 11.0. The minimum atomic E-state index is 0.584. The van der Waals surface area contributed by atoms with E-state index in [1.807, 2.05) is 11.6 Å². The first-order valence-electron chi connectivity index (χ1n) is 6.52. The first kappa shape index (κ1) is 13.8. The van der Waals surface area contributed by atoms with Gasteiger partial charge in [-0.25, -0.2) is 0 Å². The summed E-state index contributed by atoms with van der Waals surface area (Å²) in [5, 5.41) is 13.1. The summed E-state index contributed by atoms with van der Waals surface area (Å²) in [6.07, 6.45) is 0. The van der Waals surface area contributed by atoms with Gasteiger partial charge in [-0.2, -0.15) is 4.98 Å². The number of thioether (sulfide) groups is 1. The van der Waals surface area contributed by atoms with E-state index in [1.165, 1.54) is 17.3 Å². The third-order valence-electron chi connectivity index (χ3n) is 3.04. The van der Waals surface area contributed by atoms with E-state index in [1.54, 1.807) is 6.92 Å². The van der Waals surface area contributed by atoms with Crippen LogP contribution in [0.4, 0.5) is 0 Å². The second-order valence-corrected chi connectivity index (χ2v) is 5.70. The molecule has 7 heteroatoms. The van der Waals surface area contributed by atoms with E-state index in [0.29, 0.717) is 17.5 Å². The molecule has 0 aliphatic carbocycles. The molecule has 0 unspecified atom stereocenters. The maximum atomic E-state index is 5.09. The molecule has 1 aromatic carbocycles. The molecule has 21 heavy (non-hydrogen) atoms. The summed E-state index contributed by atoms with van der Waals surface area (Å²) in [4.78, 5) is 4.17. The fourth-order valence-corrected chi connectivity index (χ4v) is 2.67. The van der Waals surface area contributed by atoms with Crippen molar-refractivity contribution in [2.75, 3.05) is 0 Å². The van der Waals surface area contributed by atoms with Gasteiger partial charge in [0.1, 0.15) is 0 Å². The molecule has 0 saturated heterocycles. The monoisotopic (exact) mass is 301 g/mol. The maximum Gasteiger partial charge on any atom is 0.237 e. The number of rotatable bonds is 4. The Balaban J connectivity index is 1.77. The smallest absolute Gasteiger partial charge is 0.237 e. The van der Waals surface area contributed by atoms with E-state index in [9.17, 15) is 0 Å². The first-order valence-corrected chi connectivity index (χ1v) is 7.50. The molecule has 0 N–H and O–H groups in total. The van der Waals surface area contributed by atoms with Crippen molar-refractivity contribution in [2.24, 2.45) is 7.05 Å². The number of aryl methyl sites for hydroxylation is 2. The van der Waals surface area contributed by atoms with E-state index < -0.39 is 0 Å². The number of nitrogens with zero attached hydrogens (tertiary/aromatic N) is 5. The van der Waals surface area contributed by atoms with Crippen LogP contribution in [0.15, 0.2) is 33.9 Å². The van der Waals surface area contributed by atoms with Crippen LogP contribution in [-0.4, -0.2) is 24.9 Å². The molecule has 0 aliphatic heterocycles. The lowest BCUT2D eigenvalue weighted by atomic mass is 10.1. The first-order chi connectivity index (χ1) is 10.1. The molecule has 6 nitrogen and oxygen atoms in total. The molecule has 0 bridgehead atoms. The van der Waals surface area contributed by atoms with Crippen molar-refractivity contribution in [3.63, 3.8) is 0 Å². The van der Waals surface area contributed by atoms with Crippen LogP contribution in [-0.2, 0) is 12.8 Å². The molecule has 0 spiro atoms. The SMILES string of the molecule is Cc1ccc(-c2nnc(SCc3nc(C)no3)n2C)cc1. The lowest BCUT2D eigenvalue weighted by molar-refractivity contribution is 0.387. The van der Waals surface area contributed by atoms with Crippen molar-refractivity contribution in [1.29, 1.82) is 0 Å². The van der Waals surface area contributed by atoms with E-state index in [2.05, 4.69) is 51.5 Å². The quantitative estimate of drug-likeness (QED) is 0.690. The van der Waals surface area contributed by atoms with Crippen LogP contribution in [0.3, 0.4) is 0 Å². The largest absolute Gasteiger partial charge is 0.338 e. The summed E-state index contributed by atoms with van der Waals surface area (Å²) in [7, 11) is 1.95. The van der Waals surface area contributed by atoms with Gasteiger partial charge in [-0.15, -0.1) is 10.2 Å². The van der Waals surface area contributed by atoms with Crippen molar-refractivity contribution < 1.29 is 4.52 Å². The van der Waals surface area contributed by atoms with Crippen LogP contribution in [0, 0.1) is 13.8 Å². The summed E-state index contributed by atoms with van der Waals surface area (Å²) in [5.41, 5.74) is 2.28. The van der Waals surface area contributed by atoms with Crippen molar-refractivity contribution in [1.82, 2.24) is 24.9 Å². The molecule has 0 saturated carbocycles. The Kier molecular flexibility index (Phi) is 3.74. The standard InChI is InChI=1S/C14H15N5OS/c1-9-4-6-11(7-5-9)13-16-17-14(19(13)3)21-8-12-15-10(2)18-20-12/h4-7H,8H2,1-3H3. The van der Waals surface area contributed by atoms with Crippen LogP contribution in [0.25, 0.3) is 11.4 Å². The Morgan fingerprint density at radius 1 is 1.14 bits per heavy atom. The van der Waals surface area contributed by atoms with Crippen molar-refractivity contribution in [3.05, 3.63) is 41.5 Å². The van der Waals surface area contributed by atoms with Crippen molar-refractivity contribution in [3.8, 4) is 11.4 Å². The number of aromatic nitrogens is 5. The van der Waals surface area contributed by atoms with Gasteiger partial charge in [0, 0.05) is 12.6 Å². The summed E-state index contributed by atoms with van der Waals surface area (Å²) in [6.45, 7) is 3.86. The van der Waals surface area contributed by atoms with E-state index >= 15 is 0 Å². The summed E-state index contributed by atoms with van der Waals surface area (Å²) in [6, 6.07) is 8.24. The fraction of sp³-hybridized carbons (Fsp3) is 0.286. The number of hydrogen-bond acceptors (Lipinski definition) is 6. The van der Waals surface area contributed by atoms with Crippen LogP contribution < -0.4 is 0 Å². The zero-order chi connectivity index (χ0) is 14.8. The van der Waals surface area contributed by atoms with Gasteiger partial charge >= 0.3 is 0 Å². The fourth-order valence-electron chi connectivity index (χ4n) is 1.92. The van der Waals surface area contributed by atoms with Gasteiger partial charge in [0.05, 0.1) is 5.75 Å². The predicted molar refractivity (Wildman–Crippen MR) is 79.8 cm³/mol. The third kappa shape index (κ3) is 2.97. The molecule has 0 fully saturated rings. The second kappa shape index (κ2) is 5.69. The van der Waals surface area contributed by atoms with Gasteiger partial charge in [-0.3, -0.25) is 0 Å². The van der Waals surface area contributed by atoms with Gasteiger partial charge in [0.15, 0.2) is 16.8 Å². The highest BCUT2D eigenvalue weighted by Crippen LogP contribution is 2.24. The van der Waals surface area contributed by atoms with E-state index in [-0.39, 0.29) is 0 Å². The average molecular weight is 301 g/mol. The Hall–Kier alpha value is -2.15. The molecule has 2 aromatic heterocycles. The van der Waals surface area contributed by atoms with Gasteiger partial charge in [0.2, 0.25) is 5.89 Å². The lowest BCUT2D eigenvalue weighted by Crippen LogP contribution is -1.95. The van der Waals surface area contributed by atoms with E-state index in [0.717, 1.165) is 16.5 Å². The summed E-state index contributed by atoms with van der Waals surface area (Å²) >= 11 is 1.53. The third-order valence-corrected chi connectivity index (χ3v) is 4.04. The zero-order valence-electron chi connectivity index (χ0n) is 12.1. The minimum Gasteiger partial charge on any atom is -0.338 e. The molecular formula is C14H15N5OS. The zero-order valence-corrected chi connectivity index (χ0v) is 12.9. The summed E-state index contributed by atoms with van der Waals surface area (Å²) < 4.78 is 7.06. The number of benzene rings is 1.